The fourth-order valence-electron chi connectivity index (χ4n) is 3.72. The van der Waals surface area contributed by atoms with Crippen molar-refractivity contribution in [2.75, 3.05) is 13.1 Å². The lowest BCUT2D eigenvalue weighted by Crippen LogP contribution is -2.61. The molecular weight excluding hydrogens is 340 g/mol. The first-order chi connectivity index (χ1) is 13.2. The van der Waals surface area contributed by atoms with Crippen molar-refractivity contribution in [1.29, 1.82) is 0 Å². The summed E-state index contributed by atoms with van der Waals surface area (Å²) in [6.07, 6.45) is 5.66. The summed E-state index contributed by atoms with van der Waals surface area (Å²) in [4.78, 5) is 27.6. The molecule has 3 aromatic rings. The molecule has 0 N–H and O–H groups in total. The highest BCUT2D eigenvalue weighted by atomic mass is 16.5. The quantitative estimate of drug-likeness (QED) is 0.719. The van der Waals surface area contributed by atoms with Crippen LogP contribution in [0.15, 0.2) is 61.1 Å². The molecule has 1 amide bonds. The van der Waals surface area contributed by atoms with Crippen molar-refractivity contribution in [2.45, 2.75) is 18.6 Å². The number of amides is 1. The van der Waals surface area contributed by atoms with Gasteiger partial charge in [-0.15, -0.1) is 0 Å². The van der Waals surface area contributed by atoms with Crippen molar-refractivity contribution >= 4 is 5.91 Å². The van der Waals surface area contributed by atoms with Crippen LogP contribution < -0.4 is 0 Å². The standard InChI is InChI=1S/C21H18N4O2/c26-19(9-15-5-4-8-22-10-15)25-13-21(14-25)17-11-23-20(24-18(17)12-27-21)16-6-2-1-3-7-16/h1-8,10-11H,9,12-14H2. The molecule has 5 rings (SSSR count). The Balaban J connectivity index is 1.31. The molecule has 0 atom stereocenters. The zero-order valence-corrected chi connectivity index (χ0v) is 14.7. The number of hydrogen-bond acceptors (Lipinski definition) is 5. The number of hydrogen-bond donors (Lipinski definition) is 0. The average Bonchev–Trinajstić information content (AvgIpc) is 3.07. The molecule has 27 heavy (non-hydrogen) atoms. The minimum atomic E-state index is -0.449. The van der Waals surface area contributed by atoms with Gasteiger partial charge in [0, 0.05) is 29.7 Å². The van der Waals surface area contributed by atoms with E-state index in [0.717, 1.165) is 22.4 Å². The maximum absolute atomic E-state index is 12.5. The maximum Gasteiger partial charge on any atom is 0.227 e. The van der Waals surface area contributed by atoms with Crippen LogP contribution in [0.1, 0.15) is 16.8 Å². The van der Waals surface area contributed by atoms with Crippen LogP contribution in [0.4, 0.5) is 0 Å². The van der Waals surface area contributed by atoms with Crippen molar-refractivity contribution in [1.82, 2.24) is 19.9 Å². The topological polar surface area (TPSA) is 68.2 Å². The van der Waals surface area contributed by atoms with Gasteiger partial charge in [-0.25, -0.2) is 9.97 Å². The lowest BCUT2D eigenvalue weighted by molar-refractivity contribution is -0.168. The van der Waals surface area contributed by atoms with Crippen molar-refractivity contribution in [3.8, 4) is 11.4 Å². The second-order valence-corrected chi connectivity index (χ2v) is 6.99. The lowest BCUT2D eigenvalue weighted by Gasteiger charge is -2.47. The van der Waals surface area contributed by atoms with E-state index in [9.17, 15) is 4.79 Å². The van der Waals surface area contributed by atoms with Crippen LogP contribution in [0.25, 0.3) is 11.4 Å². The van der Waals surface area contributed by atoms with E-state index in [-0.39, 0.29) is 5.91 Å². The van der Waals surface area contributed by atoms with Crippen LogP contribution in [-0.4, -0.2) is 38.8 Å². The predicted molar refractivity (Wildman–Crippen MR) is 98.5 cm³/mol. The Morgan fingerprint density at radius 3 is 2.74 bits per heavy atom. The summed E-state index contributed by atoms with van der Waals surface area (Å²) in [6, 6.07) is 13.7. The summed E-state index contributed by atoms with van der Waals surface area (Å²) >= 11 is 0. The van der Waals surface area contributed by atoms with E-state index in [0.29, 0.717) is 31.9 Å². The molecule has 1 aromatic carbocycles. The van der Waals surface area contributed by atoms with Gasteiger partial charge in [-0.2, -0.15) is 0 Å². The van der Waals surface area contributed by atoms with Gasteiger partial charge in [0.05, 0.1) is 31.8 Å². The molecule has 0 radical (unpaired) electrons. The Morgan fingerprint density at radius 1 is 1.11 bits per heavy atom. The molecule has 0 saturated carbocycles. The molecule has 6 nitrogen and oxygen atoms in total. The minimum Gasteiger partial charge on any atom is -0.360 e. The summed E-state index contributed by atoms with van der Waals surface area (Å²) in [6.45, 7) is 1.56. The van der Waals surface area contributed by atoms with Gasteiger partial charge in [0.1, 0.15) is 5.60 Å². The number of carbonyl (C=O) groups is 1. The van der Waals surface area contributed by atoms with E-state index in [2.05, 4.69) is 9.97 Å². The Hall–Kier alpha value is -3.12. The van der Waals surface area contributed by atoms with Crippen LogP contribution in [0, 0.1) is 0 Å². The van der Waals surface area contributed by atoms with Gasteiger partial charge in [-0.05, 0) is 11.6 Å². The van der Waals surface area contributed by atoms with Crippen LogP contribution >= 0.6 is 0 Å². The zero-order valence-electron chi connectivity index (χ0n) is 14.7. The van der Waals surface area contributed by atoms with Crippen molar-refractivity contribution in [3.05, 3.63) is 77.9 Å². The minimum absolute atomic E-state index is 0.0903. The normalized spacial score (nSPS) is 16.8. The van der Waals surface area contributed by atoms with E-state index in [1.54, 1.807) is 12.4 Å². The van der Waals surface area contributed by atoms with Gasteiger partial charge in [0.2, 0.25) is 5.91 Å². The largest absolute Gasteiger partial charge is 0.360 e. The maximum atomic E-state index is 12.5. The number of likely N-dealkylation sites (tertiary alicyclic amines) is 1. The molecule has 6 heteroatoms. The van der Waals surface area contributed by atoms with E-state index in [1.807, 2.05) is 53.6 Å². The van der Waals surface area contributed by atoms with E-state index in [1.165, 1.54) is 0 Å². The number of aromatic nitrogens is 3. The predicted octanol–water partition coefficient (Wildman–Crippen LogP) is 2.35. The number of fused-ring (bicyclic) bond motifs is 2. The average molecular weight is 358 g/mol. The molecule has 0 unspecified atom stereocenters. The highest BCUT2D eigenvalue weighted by Crippen LogP contribution is 2.43. The van der Waals surface area contributed by atoms with Gasteiger partial charge in [0.15, 0.2) is 5.82 Å². The fourth-order valence-corrected chi connectivity index (χ4v) is 3.72. The number of carbonyl (C=O) groups excluding carboxylic acids is 1. The fraction of sp³-hybridized carbons (Fsp3) is 0.238. The molecule has 134 valence electrons. The molecular formula is C21H18N4O2. The first kappa shape index (κ1) is 16.1. The van der Waals surface area contributed by atoms with Crippen molar-refractivity contribution in [3.63, 3.8) is 0 Å². The summed E-state index contributed by atoms with van der Waals surface area (Å²) in [5.74, 6) is 0.798. The van der Waals surface area contributed by atoms with Gasteiger partial charge >= 0.3 is 0 Å². The molecule has 0 aliphatic carbocycles. The Morgan fingerprint density at radius 2 is 1.96 bits per heavy atom. The number of benzene rings is 1. The van der Waals surface area contributed by atoms with E-state index < -0.39 is 5.60 Å². The van der Waals surface area contributed by atoms with Gasteiger partial charge in [-0.3, -0.25) is 9.78 Å². The van der Waals surface area contributed by atoms with Gasteiger partial charge < -0.3 is 9.64 Å². The summed E-state index contributed by atoms with van der Waals surface area (Å²) in [5, 5.41) is 0. The monoisotopic (exact) mass is 358 g/mol. The second kappa shape index (κ2) is 6.25. The van der Waals surface area contributed by atoms with Crippen LogP contribution in [0.3, 0.4) is 0 Å². The van der Waals surface area contributed by atoms with Gasteiger partial charge in [0.25, 0.3) is 0 Å². The Labute approximate surface area is 156 Å². The summed E-state index contributed by atoms with van der Waals surface area (Å²) in [5.41, 5.74) is 3.39. The number of rotatable bonds is 3. The lowest BCUT2D eigenvalue weighted by atomic mass is 9.87. The first-order valence-corrected chi connectivity index (χ1v) is 8.96. The molecule has 4 heterocycles. The van der Waals surface area contributed by atoms with Gasteiger partial charge in [-0.1, -0.05) is 36.4 Å². The molecule has 2 aromatic heterocycles. The molecule has 1 spiro atoms. The number of nitrogens with zero attached hydrogens (tertiary/aromatic N) is 4. The van der Waals surface area contributed by atoms with Crippen molar-refractivity contribution in [2.24, 2.45) is 0 Å². The van der Waals surface area contributed by atoms with Crippen LogP contribution in [0.5, 0.6) is 0 Å². The third kappa shape index (κ3) is 2.78. The molecule has 1 fully saturated rings. The third-order valence-electron chi connectivity index (χ3n) is 5.20. The highest BCUT2D eigenvalue weighted by Gasteiger charge is 2.52. The molecule has 2 aliphatic rings. The first-order valence-electron chi connectivity index (χ1n) is 8.96. The Bertz CT molecular complexity index is 986. The number of ether oxygens (including phenoxy) is 1. The van der Waals surface area contributed by atoms with E-state index in [4.69, 9.17) is 9.72 Å². The molecule has 1 saturated heterocycles. The SMILES string of the molecule is O=C(Cc1cccnc1)N1CC2(C1)OCc1nc(-c3ccccc3)ncc12. The smallest absolute Gasteiger partial charge is 0.227 e. The van der Waals surface area contributed by atoms with Crippen LogP contribution in [0.2, 0.25) is 0 Å². The highest BCUT2D eigenvalue weighted by molar-refractivity contribution is 5.80. The summed E-state index contributed by atoms with van der Waals surface area (Å²) < 4.78 is 6.06. The second-order valence-electron chi connectivity index (χ2n) is 6.99. The van der Waals surface area contributed by atoms with Crippen molar-refractivity contribution < 1.29 is 9.53 Å². The molecule has 2 aliphatic heterocycles. The van der Waals surface area contributed by atoms with E-state index >= 15 is 0 Å². The zero-order chi connectivity index (χ0) is 18.3. The molecule has 0 bridgehead atoms. The summed E-state index contributed by atoms with van der Waals surface area (Å²) in [7, 11) is 0. The third-order valence-corrected chi connectivity index (χ3v) is 5.20. The Kier molecular flexibility index (Phi) is 3.72. The van der Waals surface area contributed by atoms with Crippen LogP contribution in [-0.2, 0) is 28.2 Å². The number of pyridine rings is 1.